The summed E-state index contributed by atoms with van der Waals surface area (Å²) >= 11 is 5.33. The number of benzene rings is 1. The first-order valence-corrected chi connectivity index (χ1v) is 12.0. The molecule has 0 aromatic heterocycles. The highest BCUT2D eigenvalue weighted by Crippen LogP contribution is 2.29. The zero-order chi connectivity index (χ0) is 18.3. The Hall–Kier alpha value is -0.730. The minimum atomic E-state index is -3.29. The van der Waals surface area contributed by atoms with Crippen LogP contribution >= 0.6 is 27.7 Å². The largest absolute Gasteiger partial charge is 0.355 e. The van der Waals surface area contributed by atoms with Crippen molar-refractivity contribution in [2.75, 3.05) is 25.1 Å². The molecule has 25 heavy (non-hydrogen) atoms. The molecule has 5 nitrogen and oxygen atoms in total. The van der Waals surface area contributed by atoms with Gasteiger partial charge in [0.15, 0.2) is 15.8 Å². The van der Waals surface area contributed by atoms with Crippen LogP contribution in [0.4, 0.5) is 0 Å². The lowest BCUT2D eigenvalue weighted by atomic mass is 10.2. The number of halogens is 1. The van der Waals surface area contributed by atoms with Gasteiger partial charge in [0, 0.05) is 29.4 Å². The van der Waals surface area contributed by atoms with Crippen LogP contribution < -0.4 is 10.6 Å². The van der Waals surface area contributed by atoms with Crippen molar-refractivity contribution in [3.05, 3.63) is 28.7 Å². The molecule has 140 valence electrons. The summed E-state index contributed by atoms with van der Waals surface area (Å²) in [5, 5.41) is 7.26. The number of hydrogen-bond donors (Lipinski definition) is 2. The van der Waals surface area contributed by atoms with Gasteiger partial charge in [0.2, 0.25) is 0 Å². The minimum absolute atomic E-state index is 0.0360. The first-order chi connectivity index (χ1) is 11.9. The van der Waals surface area contributed by atoms with Crippen LogP contribution in [0.3, 0.4) is 0 Å². The molecule has 0 saturated heterocycles. The van der Waals surface area contributed by atoms with Gasteiger partial charge in [-0.3, -0.25) is 4.99 Å². The van der Waals surface area contributed by atoms with Crippen molar-refractivity contribution in [3.8, 4) is 0 Å². The highest BCUT2D eigenvalue weighted by Gasteiger charge is 2.25. The zero-order valence-electron chi connectivity index (χ0n) is 14.7. The molecule has 8 heteroatoms. The van der Waals surface area contributed by atoms with Crippen LogP contribution in [0.25, 0.3) is 0 Å². The Labute approximate surface area is 163 Å². The minimum Gasteiger partial charge on any atom is -0.355 e. The number of nitrogens with zero attached hydrogens (tertiary/aromatic N) is 1. The average Bonchev–Trinajstić information content (AvgIpc) is 3.01. The van der Waals surface area contributed by atoms with Crippen LogP contribution in [0.15, 0.2) is 38.6 Å². The molecule has 0 spiro atoms. The maximum absolute atomic E-state index is 12.4. The molecule has 2 N–H and O–H groups in total. The number of hydrogen-bond acceptors (Lipinski definition) is 4. The van der Waals surface area contributed by atoms with Crippen molar-refractivity contribution in [3.63, 3.8) is 0 Å². The van der Waals surface area contributed by atoms with E-state index in [1.165, 1.54) is 6.42 Å². The monoisotopic (exact) mass is 447 g/mol. The fourth-order valence-electron chi connectivity index (χ4n) is 2.91. The molecule has 1 aliphatic carbocycles. The van der Waals surface area contributed by atoms with E-state index >= 15 is 0 Å². The van der Waals surface area contributed by atoms with Gasteiger partial charge >= 0.3 is 0 Å². The predicted octanol–water partition coefficient (Wildman–Crippen LogP) is 3.06. The molecule has 1 aromatic rings. The number of guanidine groups is 1. The van der Waals surface area contributed by atoms with E-state index in [4.69, 9.17) is 0 Å². The van der Waals surface area contributed by atoms with E-state index in [0.717, 1.165) is 28.3 Å². The summed E-state index contributed by atoms with van der Waals surface area (Å²) in [7, 11) is -1.58. The van der Waals surface area contributed by atoms with Crippen molar-refractivity contribution >= 4 is 43.5 Å². The molecule has 2 atom stereocenters. The van der Waals surface area contributed by atoms with Gasteiger partial charge in [-0.2, -0.15) is 11.8 Å². The molecule has 2 rings (SSSR count). The van der Waals surface area contributed by atoms with Gasteiger partial charge in [0.1, 0.15) is 0 Å². The van der Waals surface area contributed by atoms with Crippen molar-refractivity contribution in [2.45, 2.75) is 42.4 Å². The Kier molecular flexibility index (Phi) is 8.09. The second-order valence-electron chi connectivity index (χ2n) is 6.00. The Morgan fingerprint density at radius 1 is 1.32 bits per heavy atom. The number of nitrogens with one attached hydrogen (secondary N) is 2. The van der Waals surface area contributed by atoms with Gasteiger partial charge in [0.25, 0.3) is 0 Å². The second-order valence-corrected chi connectivity index (χ2v) is 10.6. The van der Waals surface area contributed by atoms with Gasteiger partial charge in [-0.1, -0.05) is 22.9 Å². The molecule has 2 unspecified atom stereocenters. The first kappa shape index (κ1) is 20.6. The van der Waals surface area contributed by atoms with E-state index < -0.39 is 9.84 Å². The van der Waals surface area contributed by atoms with E-state index in [0.29, 0.717) is 23.4 Å². The van der Waals surface area contributed by atoms with E-state index in [-0.39, 0.29) is 5.75 Å². The topological polar surface area (TPSA) is 70.6 Å². The fourth-order valence-corrected chi connectivity index (χ4v) is 5.47. The summed E-state index contributed by atoms with van der Waals surface area (Å²) in [4.78, 5) is 4.56. The SMILES string of the molecule is CCSC1CCC(NC(=NC)NCCS(=O)(=O)c2ccc(Br)cc2)C1. The van der Waals surface area contributed by atoms with Crippen molar-refractivity contribution in [1.29, 1.82) is 0 Å². The summed E-state index contributed by atoms with van der Waals surface area (Å²) < 4.78 is 25.6. The Morgan fingerprint density at radius 3 is 2.68 bits per heavy atom. The molecule has 1 fully saturated rings. The van der Waals surface area contributed by atoms with E-state index in [2.05, 4.69) is 38.5 Å². The van der Waals surface area contributed by atoms with Gasteiger partial charge in [0.05, 0.1) is 10.6 Å². The molecule has 0 bridgehead atoms. The van der Waals surface area contributed by atoms with E-state index in [1.807, 2.05) is 11.8 Å². The molecule has 1 aromatic carbocycles. The normalized spacial score (nSPS) is 21.3. The van der Waals surface area contributed by atoms with Gasteiger partial charge in [-0.15, -0.1) is 0 Å². The van der Waals surface area contributed by atoms with Crippen molar-refractivity contribution < 1.29 is 8.42 Å². The molecule has 1 aliphatic rings. The second kappa shape index (κ2) is 9.83. The van der Waals surface area contributed by atoms with Crippen molar-refractivity contribution in [1.82, 2.24) is 10.6 Å². The summed E-state index contributed by atoms with van der Waals surface area (Å²) in [6, 6.07) is 7.14. The zero-order valence-corrected chi connectivity index (χ0v) is 17.9. The lowest BCUT2D eigenvalue weighted by Gasteiger charge is -2.17. The number of aliphatic imine (C=N–C) groups is 1. The fraction of sp³-hybridized carbons (Fsp3) is 0.588. The van der Waals surface area contributed by atoms with E-state index in [1.54, 1.807) is 31.3 Å². The van der Waals surface area contributed by atoms with Crippen LogP contribution in [0.2, 0.25) is 0 Å². The Bertz CT molecular complexity index is 678. The summed E-state index contributed by atoms with van der Waals surface area (Å²) in [6.07, 6.45) is 3.50. The van der Waals surface area contributed by atoms with Crippen LogP contribution in [0.1, 0.15) is 26.2 Å². The highest BCUT2D eigenvalue weighted by molar-refractivity contribution is 9.10. The molecule has 0 heterocycles. The summed E-state index contributed by atoms with van der Waals surface area (Å²) in [5.74, 6) is 1.87. The van der Waals surface area contributed by atoms with Gasteiger partial charge in [-0.25, -0.2) is 8.42 Å². The third kappa shape index (κ3) is 6.49. The maximum Gasteiger partial charge on any atom is 0.191 e. The first-order valence-electron chi connectivity index (χ1n) is 8.51. The maximum atomic E-state index is 12.4. The summed E-state index contributed by atoms with van der Waals surface area (Å²) in [6.45, 7) is 2.52. The van der Waals surface area contributed by atoms with Gasteiger partial charge in [-0.05, 0) is 49.3 Å². The Morgan fingerprint density at radius 2 is 2.04 bits per heavy atom. The quantitative estimate of drug-likeness (QED) is 0.496. The average molecular weight is 448 g/mol. The summed E-state index contributed by atoms with van der Waals surface area (Å²) in [5.41, 5.74) is 0. The lowest BCUT2D eigenvalue weighted by Crippen LogP contribution is -2.44. The molecular formula is C17H26BrN3O2S2. The standard InChI is InChI=1S/C17H26BrN3O2S2/c1-3-24-15-7-6-14(12-15)21-17(19-2)20-10-11-25(22,23)16-8-4-13(18)5-9-16/h4-5,8-9,14-15H,3,6-7,10-12H2,1-2H3,(H2,19,20,21). The molecule has 0 amide bonds. The molecule has 0 aliphatic heterocycles. The number of rotatable bonds is 7. The molecule has 0 radical (unpaired) electrons. The van der Waals surface area contributed by atoms with Crippen molar-refractivity contribution in [2.24, 2.45) is 4.99 Å². The van der Waals surface area contributed by atoms with Crippen LogP contribution in [-0.4, -0.2) is 50.8 Å². The smallest absolute Gasteiger partial charge is 0.191 e. The third-order valence-corrected chi connectivity index (χ3v) is 7.68. The Balaban J connectivity index is 1.80. The van der Waals surface area contributed by atoms with Crippen LogP contribution in [0, 0.1) is 0 Å². The molecule has 1 saturated carbocycles. The number of sulfone groups is 1. The highest BCUT2D eigenvalue weighted by atomic mass is 79.9. The van der Waals surface area contributed by atoms with Crippen LogP contribution in [0.5, 0.6) is 0 Å². The molecular weight excluding hydrogens is 422 g/mol. The van der Waals surface area contributed by atoms with Crippen LogP contribution in [-0.2, 0) is 9.84 Å². The predicted molar refractivity (Wildman–Crippen MR) is 110 cm³/mol. The third-order valence-electron chi connectivity index (χ3n) is 4.19. The lowest BCUT2D eigenvalue weighted by molar-refractivity contribution is 0.592. The van der Waals surface area contributed by atoms with Gasteiger partial charge < -0.3 is 10.6 Å². The number of thioether (sulfide) groups is 1. The van der Waals surface area contributed by atoms with E-state index in [9.17, 15) is 8.42 Å².